The van der Waals surface area contributed by atoms with Crippen LogP contribution in [0, 0.1) is 0 Å². The number of para-hydroxylation sites is 1. The molecule has 0 aromatic heterocycles. The number of aliphatic imine (C=N–C) groups is 1. The molecule has 0 radical (unpaired) electrons. The van der Waals surface area contributed by atoms with Gasteiger partial charge in [0.05, 0.1) is 19.4 Å². The summed E-state index contributed by atoms with van der Waals surface area (Å²) in [5, 5.41) is 3.20. The molecule has 0 aliphatic carbocycles. The van der Waals surface area contributed by atoms with Gasteiger partial charge in [0.1, 0.15) is 5.75 Å². The summed E-state index contributed by atoms with van der Waals surface area (Å²) < 4.78 is 32.5. The molecule has 2 aromatic carbocycles. The third kappa shape index (κ3) is 7.75. The number of nitrogens with one attached hydrogen (secondary N) is 2. The summed E-state index contributed by atoms with van der Waals surface area (Å²) in [6, 6.07) is 17.2. The number of hydrogen-bond donors (Lipinski definition) is 2. The van der Waals surface area contributed by atoms with Gasteiger partial charge in [-0.3, -0.25) is 4.99 Å². The molecule has 2 rings (SSSR count). The summed E-state index contributed by atoms with van der Waals surface area (Å²) in [6.07, 6.45) is 0. The van der Waals surface area contributed by atoms with E-state index in [1.54, 1.807) is 7.11 Å². The highest BCUT2D eigenvalue weighted by Gasteiger charge is 2.12. The van der Waals surface area contributed by atoms with Crippen LogP contribution in [-0.2, 0) is 23.1 Å². The molecule has 0 unspecified atom stereocenters. The van der Waals surface area contributed by atoms with Crippen molar-refractivity contribution in [3.8, 4) is 5.75 Å². The van der Waals surface area contributed by atoms with Gasteiger partial charge in [-0.25, -0.2) is 13.1 Å². The number of rotatable bonds is 10. The molecule has 0 atom stereocenters. The Labute approximate surface area is 173 Å². The average Bonchev–Trinajstić information content (AvgIpc) is 2.73. The SMILES string of the molecule is CCNC(=NCCS(=O)(=O)NCc1ccccc1)N(C)Cc1ccccc1OC. The molecule has 0 aliphatic rings. The first-order valence-corrected chi connectivity index (χ1v) is 11.2. The minimum Gasteiger partial charge on any atom is -0.496 e. The molecule has 0 aliphatic heterocycles. The molecular formula is C21H30N4O3S. The number of guanidine groups is 1. The van der Waals surface area contributed by atoms with Crippen LogP contribution in [0.2, 0.25) is 0 Å². The molecule has 158 valence electrons. The Balaban J connectivity index is 1.95. The van der Waals surface area contributed by atoms with E-state index in [0.29, 0.717) is 19.0 Å². The number of ether oxygens (including phenoxy) is 1. The molecule has 7 nitrogen and oxygen atoms in total. The molecule has 0 heterocycles. The van der Waals surface area contributed by atoms with Gasteiger partial charge in [-0.05, 0) is 18.6 Å². The zero-order valence-corrected chi connectivity index (χ0v) is 18.1. The molecule has 8 heteroatoms. The van der Waals surface area contributed by atoms with Crippen LogP contribution in [0.3, 0.4) is 0 Å². The summed E-state index contributed by atoms with van der Waals surface area (Å²) in [5.74, 6) is 1.39. The lowest BCUT2D eigenvalue weighted by atomic mass is 10.2. The fourth-order valence-corrected chi connectivity index (χ4v) is 3.63. The maximum absolute atomic E-state index is 12.3. The summed E-state index contributed by atoms with van der Waals surface area (Å²) >= 11 is 0. The maximum Gasteiger partial charge on any atom is 0.213 e. The number of benzene rings is 2. The van der Waals surface area contributed by atoms with Crippen LogP contribution in [0.15, 0.2) is 59.6 Å². The monoisotopic (exact) mass is 418 g/mol. The van der Waals surface area contributed by atoms with Crippen molar-refractivity contribution in [3.05, 3.63) is 65.7 Å². The third-order valence-corrected chi connectivity index (χ3v) is 5.56. The van der Waals surface area contributed by atoms with E-state index >= 15 is 0 Å². The van der Waals surface area contributed by atoms with Gasteiger partial charge < -0.3 is 15.0 Å². The molecular weight excluding hydrogens is 388 g/mol. The first-order valence-electron chi connectivity index (χ1n) is 9.57. The Bertz CT molecular complexity index is 886. The minimum atomic E-state index is -3.41. The van der Waals surface area contributed by atoms with E-state index in [9.17, 15) is 8.42 Å². The highest BCUT2D eigenvalue weighted by atomic mass is 32.2. The van der Waals surface area contributed by atoms with Crippen LogP contribution in [0.1, 0.15) is 18.1 Å². The fraction of sp³-hybridized carbons (Fsp3) is 0.381. The van der Waals surface area contributed by atoms with Crippen molar-refractivity contribution >= 4 is 16.0 Å². The molecule has 0 bridgehead atoms. The highest BCUT2D eigenvalue weighted by Crippen LogP contribution is 2.18. The molecule has 2 aromatic rings. The van der Waals surface area contributed by atoms with Crippen LogP contribution in [0.4, 0.5) is 0 Å². The van der Waals surface area contributed by atoms with E-state index in [1.807, 2.05) is 73.5 Å². The van der Waals surface area contributed by atoms with E-state index in [0.717, 1.165) is 16.9 Å². The van der Waals surface area contributed by atoms with Crippen LogP contribution in [0.25, 0.3) is 0 Å². The lowest BCUT2D eigenvalue weighted by Crippen LogP contribution is -2.39. The quantitative estimate of drug-likeness (QED) is 0.457. The Morgan fingerprint density at radius 3 is 2.48 bits per heavy atom. The van der Waals surface area contributed by atoms with Crippen molar-refractivity contribution in [1.29, 1.82) is 0 Å². The minimum absolute atomic E-state index is 0.0722. The summed E-state index contributed by atoms with van der Waals surface area (Å²) in [4.78, 5) is 6.43. The molecule has 0 fully saturated rings. The first-order chi connectivity index (χ1) is 13.9. The van der Waals surface area contributed by atoms with E-state index in [2.05, 4.69) is 15.0 Å². The molecule has 0 spiro atoms. The van der Waals surface area contributed by atoms with Gasteiger partial charge in [-0.2, -0.15) is 0 Å². The van der Waals surface area contributed by atoms with Crippen LogP contribution < -0.4 is 14.8 Å². The van der Waals surface area contributed by atoms with Gasteiger partial charge in [0.25, 0.3) is 0 Å². The summed E-state index contributed by atoms with van der Waals surface area (Å²) in [6.45, 7) is 3.71. The number of hydrogen-bond acceptors (Lipinski definition) is 4. The lowest BCUT2D eigenvalue weighted by Gasteiger charge is -2.23. The second kappa shape index (κ2) is 11.4. The number of nitrogens with zero attached hydrogens (tertiary/aromatic N) is 2. The van der Waals surface area contributed by atoms with E-state index in [1.165, 1.54) is 0 Å². The molecule has 0 saturated heterocycles. The van der Waals surface area contributed by atoms with Gasteiger partial charge in [-0.15, -0.1) is 0 Å². The zero-order valence-electron chi connectivity index (χ0n) is 17.3. The smallest absolute Gasteiger partial charge is 0.213 e. The topological polar surface area (TPSA) is 83.0 Å². The highest BCUT2D eigenvalue weighted by molar-refractivity contribution is 7.89. The molecule has 2 N–H and O–H groups in total. The summed E-state index contributed by atoms with van der Waals surface area (Å²) in [5.41, 5.74) is 1.95. The van der Waals surface area contributed by atoms with Crippen molar-refractivity contribution in [2.45, 2.75) is 20.0 Å². The van der Waals surface area contributed by atoms with Crippen LogP contribution in [0.5, 0.6) is 5.75 Å². The number of sulfonamides is 1. The predicted octanol–water partition coefficient (Wildman–Crippen LogP) is 2.21. The standard InChI is InChI=1S/C21H30N4O3S/c1-4-22-21(25(2)17-19-12-8-9-13-20(19)28-3)23-14-15-29(26,27)24-16-18-10-6-5-7-11-18/h5-13,24H,4,14-17H2,1-3H3,(H,22,23). The number of methoxy groups -OCH3 is 1. The fourth-order valence-electron chi connectivity index (χ4n) is 2.77. The Morgan fingerprint density at radius 2 is 1.79 bits per heavy atom. The first kappa shape index (κ1) is 22.7. The summed E-state index contributed by atoms with van der Waals surface area (Å²) in [7, 11) is 0.148. The van der Waals surface area contributed by atoms with Gasteiger partial charge in [0.15, 0.2) is 5.96 Å². The second-order valence-electron chi connectivity index (χ2n) is 6.53. The van der Waals surface area contributed by atoms with Gasteiger partial charge in [0, 0.05) is 32.2 Å². The van der Waals surface area contributed by atoms with Gasteiger partial charge in [-0.1, -0.05) is 48.5 Å². The van der Waals surface area contributed by atoms with Gasteiger partial charge in [0.2, 0.25) is 10.0 Å². The van der Waals surface area contributed by atoms with Crippen molar-refractivity contribution in [3.63, 3.8) is 0 Å². The zero-order chi connectivity index (χ0) is 21.1. The van der Waals surface area contributed by atoms with Crippen LogP contribution in [-0.4, -0.2) is 52.3 Å². The van der Waals surface area contributed by atoms with E-state index in [-0.39, 0.29) is 18.8 Å². The van der Waals surface area contributed by atoms with E-state index < -0.39 is 10.0 Å². The Kier molecular flexibility index (Phi) is 8.95. The van der Waals surface area contributed by atoms with E-state index in [4.69, 9.17) is 4.74 Å². The second-order valence-corrected chi connectivity index (χ2v) is 8.46. The van der Waals surface area contributed by atoms with Gasteiger partial charge >= 0.3 is 0 Å². The van der Waals surface area contributed by atoms with Crippen LogP contribution >= 0.6 is 0 Å². The molecule has 0 saturated carbocycles. The Morgan fingerprint density at radius 1 is 1.10 bits per heavy atom. The van der Waals surface area contributed by atoms with Crippen molar-refractivity contribution in [1.82, 2.24) is 14.9 Å². The molecule has 0 amide bonds. The van der Waals surface area contributed by atoms with Crippen molar-refractivity contribution in [2.75, 3.05) is 33.0 Å². The molecule has 29 heavy (non-hydrogen) atoms. The van der Waals surface area contributed by atoms with Crippen molar-refractivity contribution < 1.29 is 13.2 Å². The Hall–Kier alpha value is -2.58. The maximum atomic E-state index is 12.3. The largest absolute Gasteiger partial charge is 0.496 e. The average molecular weight is 419 g/mol. The normalized spacial score (nSPS) is 11.9. The van der Waals surface area contributed by atoms with Crippen molar-refractivity contribution in [2.24, 2.45) is 4.99 Å². The predicted molar refractivity (Wildman–Crippen MR) is 118 cm³/mol. The lowest BCUT2D eigenvalue weighted by molar-refractivity contribution is 0.396. The third-order valence-electron chi connectivity index (χ3n) is 4.26.